The van der Waals surface area contributed by atoms with Gasteiger partial charge >= 0.3 is 5.97 Å². The number of pyridine rings is 1. The normalized spacial score (nSPS) is 32.1. The van der Waals surface area contributed by atoms with Crippen LogP contribution in [0.25, 0.3) is 0 Å². The molecule has 2 bridgehead atoms. The van der Waals surface area contributed by atoms with E-state index in [0.717, 1.165) is 25.7 Å². The van der Waals surface area contributed by atoms with E-state index in [2.05, 4.69) is 10.3 Å². The molecule has 2 N–H and O–H groups in total. The van der Waals surface area contributed by atoms with Crippen LogP contribution in [0.5, 0.6) is 0 Å². The molecule has 0 aliphatic heterocycles. The van der Waals surface area contributed by atoms with E-state index in [1.165, 1.54) is 12.1 Å². The van der Waals surface area contributed by atoms with Crippen LogP contribution in [0.2, 0.25) is 5.15 Å². The summed E-state index contributed by atoms with van der Waals surface area (Å²) in [6.07, 6.45) is 3.89. The molecular weight excluding hydrogens is 283 g/mol. The standard InChI is InChI=1S/C14H16ClFN2O2/c15-10-6-5-9(16)13(17-10)18-12-8-3-1-7(2-4-8)11(12)14(19)20/h5-8,11-12H,1-4H2,(H,17,18)(H,19,20). The van der Waals surface area contributed by atoms with Crippen LogP contribution in [0.3, 0.4) is 0 Å². The summed E-state index contributed by atoms with van der Waals surface area (Å²) in [5.74, 6) is -1.28. The number of carbonyl (C=O) groups is 1. The van der Waals surface area contributed by atoms with Crippen molar-refractivity contribution in [2.75, 3.05) is 5.32 Å². The lowest BCUT2D eigenvalue weighted by molar-refractivity contribution is -0.148. The van der Waals surface area contributed by atoms with Gasteiger partial charge in [0.2, 0.25) is 0 Å². The van der Waals surface area contributed by atoms with E-state index in [9.17, 15) is 14.3 Å². The van der Waals surface area contributed by atoms with Crippen molar-refractivity contribution < 1.29 is 14.3 Å². The van der Waals surface area contributed by atoms with Gasteiger partial charge in [0.05, 0.1) is 5.92 Å². The minimum atomic E-state index is -0.806. The zero-order valence-electron chi connectivity index (χ0n) is 10.9. The summed E-state index contributed by atoms with van der Waals surface area (Å²) < 4.78 is 13.8. The minimum Gasteiger partial charge on any atom is -0.481 e. The number of hydrogen-bond donors (Lipinski definition) is 2. The Kier molecular flexibility index (Phi) is 3.54. The molecule has 4 rings (SSSR count). The fraction of sp³-hybridized carbons (Fsp3) is 0.571. The molecule has 3 aliphatic rings. The molecule has 1 aromatic rings. The van der Waals surface area contributed by atoms with E-state index in [0.29, 0.717) is 0 Å². The zero-order chi connectivity index (χ0) is 14.3. The second-order valence-corrected chi connectivity index (χ2v) is 6.06. The Morgan fingerprint density at radius 2 is 1.95 bits per heavy atom. The molecule has 2 unspecified atom stereocenters. The maximum atomic E-state index is 13.8. The molecule has 6 heteroatoms. The van der Waals surface area contributed by atoms with Gasteiger partial charge in [-0.15, -0.1) is 0 Å². The quantitative estimate of drug-likeness (QED) is 0.841. The number of halogens is 2. The second-order valence-electron chi connectivity index (χ2n) is 5.67. The molecule has 2 atom stereocenters. The third-order valence-electron chi connectivity index (χ3n) is 4.62. The highest BCUT2D eigenvalue weighted by molar-refractivity contribution is 6.29. The van der Waals surface area contributed by atoms with Crippen molar-refractivity contribution in [3.63, 3.8) is 0 Å². The lowest BCUT2D eigenvalue weighted by Gasteiger charge is -2.47. The third kappa shape index (κ3) is 2.35. The first-order valence-corrected chi connectivity index (χ1v) is 7.25. The summed E-state index contributed by atoms with van der Waals surface area (Å²) in [7, 11) is 0. The number of aliphatic carboxylic acids is 1. The molecule has 0 spiro atoms. The Balaban J connectivity index is 1.87. The largest absolute Gasteiger partial charge is 0.481 e. The summed E-state index contributed by atoms with van der Waals surface area (Å²) in [4.78, 5) is 15.4. The zero-order valence-corrected chi connectivity index (χ0v) is 11.6. The molecule has 20 heavy (non-hydrogen) atoms. The van der Waals surface area contributed by atoms with Gasteiger partial charge in [0.15, 0.2) is 11.6 Å². The first-order chi connectivity index (χ1) is 9.56. The van der Waals surface area contributed by atoms with Gasteiger partial charge < -0.3 is 10.4 Å². The third-order valence-corrected chi connectivity index (χ3v) is 4.83. The summed E-state index contributed by atoms with van der Waals surface area (Å²) in [5.41, 5.74) is 0. The van der Waals surface area contributed by atoms with Gasteiger partial charge in [0.1, 0.15) is 5.15 Å². The van der Waals surface area contributed by atoms with E-state index < -0.39 is 17.7 Å². The minimum absolute atomic E-state index is 0.0568. The van der Waals surface area contributed by atoms with E-state index in [1.807, 2.05) is 0 Å². The molecule has 4 nitrogen and oxygen atoms in total. The SMILES string of the molecule is O=C(O)C1C2CCC(CC2)C1Nc1nc(Cl)ccc1F. The number of anilines is 1. The van der Waals surface area contributed by atoms with Crippen LogP contribution >= 0.6 is 11.6 Å². The lowest BCUT2D eigenvalue weighted by atomic mass is 9.61. The van der Waals surface area contributed by atoms with Crippen LogP contribution < -0.4 is 5.32 Å². The highest BCUT2D eigenvalue weighted by atomic mass is 35.5. The first kappa shape index (κ1) is 13.6. The average Bonchev–Trinajstić information content (AvgIpc) is 2.43. The molecular formula is C14H16ClFN2O2. The van der Waals surface area contributed by atoms with Gasteiger partial charge in [-0.1, -0.05) is 11.6 Å². The van der Waals surface area contributed by atoms with Crippen molar-refractivity contribution >= 4 is 23.4 Å². The van der Waals surface area contributed by atoms with Gasteiger partial charge in [-0.25, -0.2) is 9.37 Å². The smallest absolute Gasteiger partial charge is 0.308 e. The Morgan fingerprint density at radius 3 is 2.60 bits per heavy atom. The topological polar surface area (TPSA) is 62.2 Å². The number of rotatable bonds is 3. The molecule has 0 saturated heterocycles. The molecule has 1 heterocycles. The van der Waals surface area contributed by atoms with Gasteiger partial charge in [0.25, 0.3) is 0 Å². The molecule has 3 fully saturated rings. The van der Waals surface area contributed by atoms with E-state index in [-0.39, 0.29) is 28.8 Å². The summed E-state index contributed by atoms with van der Waals surface area (Å²) in [5, 5.41) is 12.6. The monoisotopic (exact) mass is 298 g/mol. The fourth-order valence-corrected chi connectivity index (χ4v) is 3.84. The number of nitrogens with one attached hydrogen (secondary N) is 1. The Hall–Kier alpha value is -1.36. The van der Waals surface area contributed by atoms with Crippen LogP contribution in [-0.2, 0) is 4.79 Å². The second kappa shape index (κ2) is 5.20. The molecule has 0 amide bonds. The predicted molar refractivity (Wildman–Crippen MR) is 73.2 cm³/mol. The van der Waals surface area contributed by atoms with E-state index in [1.54, 1.807) is 0 Å². The van der Waals surface area contributed by atoms with Crippen molar-refractivity contribution in [2.24, 2.45) is 17.8 Å². The number of aromatic nitrogens is 1. The maximum absolute atomic E-state index is 13.8. The Labute approximate surface area is 121 Å². The van der Waals surface area contributed by atoms with Crippen LogP contribution in [0, 0.1) is 23.6 Å². The fourth-order valence-electron chi connectivity index (χ4n) is 3.69. The van der Waals surface area contributed by atoms with Crippen molar-refractivity contribution in [3.8, 4) is 0 Å². The average molecular weight is 299 g/mol. The number of fused-ring (bicyclic) bond motifs is 3. The molecule has 0 radical (unpaired) electrons. The Morgan fingerprint density at radius 1 is 1.30 bits per heavy atom. The maximum Gasteiger partial charge on any atom is 0.308 e. The molecule has 3 aliphatic carbocycles. The van der Waals surface area contributed by atoms with Gasteiger partial charge in [-0.05, 0) is 49.7 Å². The van der Waals surface area contributed by atoms with Crippen LogP contribution in [0.4, 0.5) is 10.2 Å². The molecule has 1 aromatic heterocycles. The van der Waals surface area contributed by atoms with Crippen molar-refractivity contribution in [2.45, 2.75) is 31.7 Å². The highest BCUT2D eigenvalue weighted by Crippen LogP contribution is 2.46. The van der Waals surface area contributed by atoms with Gasteiger partial charge in [-0.3, -0.25) is 4.79 Å². The first-order valence-electron chi connectivity index (χ1n) is 6.87. The van der Waals surface area contributed by atoms with Crippen molar-refractivity contribution in [1.29, 1.82) is 0 Å². The van der Waals surface area contributed by atoms with Crippen LogP contribution in [0.1, 0.15) is 25.7 Å². The lowest BCUT2D eigenvalue weighted by Crippen LogP contribution is -2.51. The number of carboxylic acids is 1. The highest BCUT2D eigenvalue weighted by Gasteiger charge is 2.47. The summed E-state index contributed by atoms with van der Waals surface area (Å²) in [6.45, 7) is 0. The summed E-state index contributed by atoms with van der Waals surface area (Å²) >= 11 is 5.78. The van der Waals surface area contributed by atoms with E-state index >= 15 is 0 Å². The Bertz CT molecular complexity index is 532. The van der Waals surface area contributed by atoms with Gasteiger partial charge in [-0.2, -0.15) is 0 Å². The van der Waals surface area contributed by atoms with E-state index in [4.69, 9.17) is 11.6 Å². The van der Waals surface area contributed by atoms with Crippen molar-refractivity contribution in [1.82, 2.24) is 4.98 Å². The molecule has 3 saturated carbocycles. The number of nitrogens with zero attached hydrogens (tertiary/aromatic N) is 1. The summed E-state index contributed by atoms with van der Waals surface area (Å²) in [6, 6.07) is 2.36. The van der Waals surface area contributed by atoms with Crippen molar-refractivity contribution in [3.05, 3.63) is 23.1 Å². The van der Waals surface area contributed by atoms with Gasteiger partial charge in [0, 0.05) is 6.04 Å². The number of carboxylic acid groups (broad SMARTS) is 1. The van der Waals surface area contributed by atoms with Crippen LogP contribution in [0.15, 0.2) is 12.1 Å². The number of hydrogen-bond acceptors (Lipinski definition) is 3. The molecule has 0 aromatic carbocycles. The predicted octanol–water partition coefficient (Wildman–Crippen LogP) is 3.18. The molecule has 108 valence electrons. The van der Waals surface area contributed by atoms with Crippen LogP contribution in [-0.4, -0.2) is 22.1 Å².